The molecule has 19 nitrogen and oxygen atoms in total. The van der Waals surface area contributed by atoms with E-state index < -0.39 is 133 Å². The van der Waals surface area contributed by atoms with Gasteiger partial charge in [0.05, 0.1) is 58.3 Å². The van der Waals surface area contributed by atoms with Crippen molar-refractivity contribution in [3.8, 4) is 0 Å². The van der Waals surface area contributed by atoms with E-state index >= 15 is 0 Å². The molecular weight excluding hydrogens is 1720 g/mol. The molecule has 510 valence electrons. The Morgan fingerprint density at radius 3 is 1.20 bits per heavy atom. The third-order valence-corrected chi connectivity index (χ3v) is 6.24. The summed E-state index contributed by atoms with van der Waals surface area (Å²) in [6, 6.07) is 0. The molecule has 0 aromatic rings. The molecule has 0 fully saturated rings. The molecule has 0 saturated carbocycles. The van der Waals surface area contributed by atoms with Crippen molar-refractivity contribution >= 4 is 0 Å². The molecule has 0 aliphatic heterocycles. The molecule has 0 rings (SSSR count). The van der Waals surface area contributed by atoms with Crippen molar-refractivity contribution in [2.45, 2.75) is 127 Å². The van der Waals surface area contributed by atoms with Crippen LogP contribution in [0.1, 0.15) is 66.7 Å². The molecule has 9 N–H and O–H groups in total. The number of aliphatic hydroxyl groups excluding tert-OH is 5. The Kier molecular flexibility index (Phi) is 84.2. The van der Waals surface area contributed by atoms with Gasteiger partial charge in [-0.25, -0.2) is 26.7 Å². The van der Waals surface area contributed by atoms with Crippen LogP contribution < -0.4 is 0 Å². The molecule has 3 atom stereocenters. The van der Waals surface area contributed by atoms with Crippen molar-refractivity contribution in [1.82, 2.24) is 0 Å². The van der Waals surface area contributed by atoms with Crippen LogP contribution in [0.15, 0.2) is 0 Å². The number of methoxy groups -OCH3 is 5. The molecule has 41 heteroatoms. The van der Waals surface area contributed by atoms with Gasteiger partial charge in [-0.1, -0.05) is 27.2 Å². The van der Waals surface area contributed by atoms with Gasteiger partial charge in [-0.2, -0.15) is 43.9 Å². The number of alkyl halides is 15. The quantitative estimate of drug-likeness (QED) is 0.0143. The van der Waals surface area contributed by atoms with Crippen LogP contribution >= 0.6 is 0 Å². The Labute approximate surface area is 456 Å². The SMILES string of the molecule is CCC(CO)OCCF.CCC(O)CO.CCCCOCCC(O)(F)F.COCC(C)(F)F.COCC(F)(F)OC(F)(F)C(F)(F)OF.COCOCC(C)(F)F.COC[C-](F)F.COC[C-](F)F.O.OCC(O)COCC(O)(F)F.[Rf].[Rf]. The minimum absolute atomic E-state index is 0. The van der Waals surface area contributed by atoms with E-state index in [-0.39, 0.29) is 44.8 Å². The summed E-state index contributed by atoms with van der Waals surface area (Å²) in [5, 5.41) is 57.5. The molecular formula is C42H82F20O19Rf2-2. The van der Waals surface area contributed by atoms with Crippen molar-refractivity contribution in [2.75, 3.05) is 135 Å². The summed E-state index contributed by atoms with van der Waals surface area (Å²) >= 11 is 0. The molecule has 0 aromatic heterocycles. The monoisotopic (exact) mass is 1800 g/mol. The van der Waals surface area contributed by atoms with Crippen molar-refractivity contribution in [3.63, 3.8) is 0 Å². The van der Waals surface area contributed by atoms with Gasteiger partial charge < -0.3 is 101 Å². The van der Waals surface area contributed by atoms with Crippen LogP contribution in [0.25, 0.3) is 0 Å². The summed E-state index contributed by atoms with van der Waals surface area (Å²) < 4.78 is 273. The molecule has 0 saturated heterocycles. The second-order valence-corrected chi connectivity index (χ2v) is 14.6. The first kappa shape index (κ1) is 107. The largest absolute Gasteiger partial charge is 0.478 e. The molecule has 0 amide bonds. The number of aliphatic hydroxyl groups is 7. The Bertz CT molecular complexity index is 1200. The maximum Gasteiger partial charge on any atom is 0.478 e. The van der Waals surface area contributed by atoms with Gasteiger partial charge in [-0.15, -0.1) is 4.94 Å². The maximum atomic E-state index is 12.2. The number of hydrogen-bond acceptors (Lipinski definition) is 18. The molecule has 0 radical (unpaired) electrons. The van der Waals surface area contributed by atoms with Gasteiger partial charge in [-0.3, -0.25) is 0 Å². The summed E-state index contributed by atoms with van der Waals surface area (Å²) in [7, 11) is 5.77. The van der Waals surface area contributed by atoms with Crippen molar-refractivity contribution in [2.24, 2.45) is 0 Å². The van der Waals surface area contributed by atoms with Gasteiger partial charge in [0.2, 0.25) is 0 Å². The van der Waals surface area contributed by atoms with Crippen LogP contribution in [0.3, 0.4) is 0 Å². The standard InChI is InChI=1S/C7H14F2O2.C6H13FO2.C5H5F7O3.C5H10F2O4.C5H10F2O2.C4H8F2O.C4H10O2.2C3H5F2O.H2O.2Rf/c1-2-3-5-11-6-4-7(8,9)10;1-2-6(5-8)9-4-3-7;1-13-2-3(6,7)14-4(8,9)5(10,11)15-12;6-5(7,10)3-11-2-4(9)1-8;1-5(6,7)3-9-4-8-2;1-4(5,6)3-7-2;1-2-4(6)3-5;2*1-6-2-3(4)5;;;/h10H,2-6H2,1H3;6,8H,2-5H2,1H3;2H2,1H3;4,8-10H,1-3H2;3-4H2,1-2H3;3H2,1-2H3;4-6H,2-3H2,1H3;2*2H2,1H3;1H2;;/q;;;;;;;2*-1;;;. The average molecular weight is 1810 g/mol. The summed E-state index contributed by atoms with van der Waals surface area (Å²) in [6.45, 7) is 1.11. The van der Waals surface area contributed by atoms with Crippen LogP contribution in [0, 0.1) is 12.9 Å². The van der Waals surface area contributed by atoms with Gasteiger partial charge >= 0.3 is 30.5 Å². The molecule has 3 unspecified atom stereocenters. The van der Waals surface area contributed by atoms with E-state index in [4.69, 9.17) is 45.2 Å². The fourth-order valence-corrected chi connectivity index (χ4v) is 2.82. The zero-order chi connectivity index (χ0) is 65.3. The number of halogens is 20. The third kappa shape index (κ3) is 113. The first-order valence-electron chi connectivity index (χ1n) is 22.4. The first-order chi connectivity index (χ1) is 36.4. The van der Waals surface area contributed by atoms with E-state index in [9.17, 15) is 87.9 Å². The minimum Gasteiger partial charge on any atom is -0.419 e. The fraction of sp³-hybridized carbons (Fsp3) is 0.952. The molecule has 0 bridgehead atoms. The second-order valence-electron chi connectivity index (χ2n) is 14.6. The van der Waals surface area contributed by atoms with E-state index in [2.05, 4.69) is 37.9 Å². The third-order valence-electron chi connectivity index (χ3n) is 6.24. The van der Waals surface area contributed by atoms with Gasteiger partial charge in [0.25, 0.3) is 11.8 Å². The fourth-order valence-electron chi connectivity index (χ4n) is 2.82. The zero-order valence-electron chi connectivity index (χ0n) is 47.5. The summed E-state index contributed by atoms with van der Waals surface area (Å²) in [4.78, 5) is 1.54. The van der Waals surface area contributed by atoms with Crippen molar-refractivity contribution in [1.29, 1.82) is 0 Å². The van der Waals surface area contributed by atoms with E-state index in [0.717, 1.165) is 33.1 Å². The number of rotatable bonds is 34. The predicted octanol–water partition coefficient (Wildman–Crippen LogP) is 7.39. The average Bonchev–Trinajstić information content (AvgIpc) is 3.31. The van der Waals surface area contributed by atoms with Crippen molar-refractivity contribution in [3.05, 3.63) is 12.9 Å². The number of hydrogen-bond donors (Lipinski definition) is 7. The molecule has 0 aromatic carbocycles. The molecule has 83 heavy (non-hydrogen) atoms. The van der Waals surface area contributed by atoms with Crippen LogP contribution in [0.4, 0.5) is 87.9 Å². The Morgan fingerprint density at radius 1 is 0.518 bits per heavy atom. The summed E-state index contributed by atoms with van der Waals surface area (Å²) in [5.41, 5.74) is 0. The van der Waals surface area contributed by atoms with Gasteiger partial charge in [0.1, 0.15) is 46.0 Å². The first-order valence-corrected chi connectivity index (χ1v) is 22.4. The predicted molar refractivity (Wildman–Crippen MR) is 244 cm³/mol. The summed E-state index contributed by atoms with van der Waals surface area (Å²) in [5.74, 6) is -5.42. The van der Waals surface area contributed by atoms with E-state index in [1.807, 2.05) is 20.8 Å². The van der Waals surface area contributed by atoms with E-state index in [1.165, 1.54) is 28.4 Å². The Morgan fingerprint density at radius 2 is 0.964 bits per heavy atom. The van der Waals surface area contributed by atoms with Crippen molar-refractivity contribution < 1.29 is 181 Å². The van der Waals surface area contributed by atoms with Crippen LogP contribution in [0.5, 0.6) is 0 Å². The topological polar surface area (TPSA) is 275 Å². The summed E-state index contributed by atoms with van der Waals surface area (Å²) in [6.07, 6.45) is -26.4. The molecule has 0 spiro atoms. The van der Waals surface area contributed by atoms with Gasteiger partial charge in [0.15, 0.2) is 0 Å². The molecule has 0 heterocycles. The second kappa shape index (κ2) is 65.4. The van der Waals surface area contributed by atoms with Crippen LogP contribution in [0.2, 0.25) is 0 Å². The Hall–Kier alpha value is -4.16. The minimum atomic E-state index is -5.83. The normalized spacial score (nSPS) is 12.5. The number of unbranched alkanes of at least 4 members (excludes halogenated alkanes) is 1. The molecule has 0 aliphatic carbocycles. The number of ether oxygens (including phenoxy) is 10. The van der Waals surface area contributed by atoms with Crippen LogP contribution in [-0.2, 0) is 52.3 Å². The van der Waals surface area contributed by atoms with Gasteiger partial charge in [0, 0.05) is 68.9 Å². The zero-order valence-corrected chi connectivity index (χ0v) is 60.3. The molecule has 0 aliphatic rings. The maximum absolute atomic E-state index is 12.2. The van der Waals surface area contributed by atoms with E-state index in [0.29, 0.717) is 20.1 Å². The Balaban J connectivity index is -0.0000000691. The van der Waals surface area contributed by atoms with Gasteiger partial charge in [-0.05, 0) is 37.0 Å². The smallest absolute Gasteiger partial charge is 0.419 e. The van der Waals surface area contributed by atoms with Crippen LogP contribution in [-0.4, -0.2) is 237 Å². The van der Waals surface area contributed by atoms with E-state index in [1.54, 1.807) is 4.94 Å².